The van der Waals surface area contributed by atoms with Gasteiger partial charge in [-0.2, -0.15) is 0 Å². The van der Waals surface area contributed by atoms with Crippen LogP contribution in [0.3, 0.4) is 0 Å². The van der Waals surface area contributed by atoms with E-state index in [0.717, 1.165) is 35.8 Å². The number of nitrogens with zero attached hydrogens (tertiary/aromatic N) is 1. The van der Waals surface area contributed by atoms with Crippen LogP contribution >= 0.6 is 11.3 Å². The van der Waals surface area contributed by atoms with Gasteiger partial charge >= 0.3 is 5.63 Å². The Kier molecular flexibility index (Phi) is 5.51. The number of amides is 1. The Morgan fingerprint density at radius 2 is 2.20 bits per heavy atom. The van der Waals surface area contributed by atoms with Crippen molar-refractivity contribution in [2.75, 3.05) is 11.9 Å². The van der Waals surface area contributed by atoms with E-state index in [4.69, 9.17) is 13.9 Å². The number of carbonyl (C=O) groups excluding carboxylic acids is 1. The first-order valence-corrected chi connectivity index (χ1v) is 10.9. The highest BCUT2D eigenvalue weighted by atomic mass is 32.1. The Labute approximate surface area is 178 Å². The molecule has 158 valence electrons. The lowest BCUT2D eigenvalue weighted by atomic mass is 9.91. The number of carbonyl (C=O) groups is 1. The van der Waals surface area contributed by atoms with E-state index in [1.165, 1.54) is 17.4 Å². The predicted molar refractivity (Wildman–Crippen MR) is 116 cm³/mol. The van der Waals surface area contributed by atoms with Crippen LogP contribution in [0.25, 0.3) is 11.0 Å². The number of aryl methyl sites for hydroxylation is 2. The summed E-state index contributed by atoms with van der Waals surface area (Å²) in [5.41, 5.74) is 1.50. The molecule has 0 radical (unpaired) electrons. The number of rotatable bonds is 6. The van der Waals surface area contributed by atoms with Gasteiger partial charge in [-0.15, -0.1) is 11.3 Å². The molecule has 0 fully saturated rings. The first kappa shape index (κ1) is 20.4. The Hall–Kier alpha value is -2.87. The van der Waals surface area contributed by atoms with Crippen LogP contribution in [0.1, 0.15) is 44.7 Å². The third kappa shape index (κ3) is 4.18. The van der Waals surface area contributed by atoms with Crippen molar-refractivity contribution in [3.63, 3.8) is 0 Å². The molecular weight excluding hydrogens is 404 g/mol. The number of thiazole rings is 1. The molecule has 4 rings (SSSR count). The van der Waals surface area contributed by atoms with Gasteiger partial charge in [-0.25, -0.2) is 9.78 Å². The zero-order valence-electron chi connectivity index (χ0n) is 17.2. The van der Waals surface area contributed by atoms with Gasteiger partial charge in [0.2, 0.25) is 0 Å². The molecule has 0 spiro atoms. The number of ether oxygens (including phenoxy) is 2. The third-order valence-corrected chi connectivity index (χ3v) is 5.73. The number of benzene rings is 1. The van der Waals surface area contributed by atoms with Gasteiger partial charge in [0, 0.05) is 29.3 Å². The van der Waals surface area contributed by atoms with Crippen molar-refractivity contribution in [3.8, 4) is 11.5 Å². The van der Waals surface area contributed by atoms with Crippen LogP contribution < -0.4 is 20.4 Å². The van der Waals surface area contributed by atoms with E-state index < -0.39 is 5.63 Å². The van der Waals surface area contributed by atoms with Crippen LogP contribution in [0.2, 0.25) is 0 Å². The summed E-state index contributed by atoms with van der Waals surface area (Å²) in [7, 11) is 0. The summed E-state index contributed by atoms with van der Waals surface area (Å²) < 4.78 is 17.7. The monoisotopic (exact) mass is 428 g/mol. The molecule has 1 aromatic carbocycles. The molecule has 1 amide bonds. The Morgan fingerprint density at radius 3 is 2.93 bits per heavy atom. The fourth-order valence-electron chi connectivity index (χ4n) is 3.68. The minimum atomic E-state index is -0.392. The topological polar surface area (TPSA) is 90.7 Å². The van der Waals surface area contributed by atoms with Gasteiger partial charge in [0.05, 0.1) is 5.39 Å². The third-order valence-electron chi connectivity index (χ3n) is 5.04. The summed E-state index contributed by atoms with van der Waals surface area (Å²) in [5.74, 6) is 0.792. The SMILES string of the molecule is CCCc1cc(=O)oc2c3c(cc(OCC(=O)Nc4nccs4)c12)OC(C)(C)CC3. The molecule has 2 aromatic heterocycles. The summed E-state index contributed by atoms with van der Waals surface area (Å²) in [4.78, 5) is 28.6. The zero-order valence-corrected chi connectivity index (χ0v) is 18.1. The van der Waals surface area contributed by atoms with Crippen molar-refractivity contribution in [1.82, 2.24) is 4.98 Å². The highest BCUT2D eigenvalue weighted by Crippen LogP contribution is 2.43. The summed E-state index contributed by atoms with van der Waals surface area (Å²) in [6.07, 6.45) is 4.74. The Bertz CT molecular complexity index is 1130. The van der Waals surface area contributed by atoms with Gasteiger partial charge in [0.15, 0.2) is 11.7 Å². The minimum Gasteiger partial charge on any atom is -0.487 e. The van der Waals surface area contributed by atoms with Crippen molar-refractivity contribution in [1.29, 1.82) is 0 Å². The van der Waals surface area contributed by atoms with Crippen LogP contribution in [-0.4, -0.2) is 23.1 Å². The maximum Gasteiger partial charge on any atom is 0.336 e. The summed E-state index contributed by atoms with van der Waals surface area (Å²) >= 11 is 1.34. The van der Waals surface area contributed by atoms with Gasteiger partial charge in [0.1, 0.15) is 22.7 Å². The zero-order chi connectivity index (χ0) is 21.3. The van der Waals surface area contributed by atoms with Gasteiger partial charge in [-0.3, -0.25) is 10.1 Å². The minimum absolute atomic E-state index is 0.193. The van der Waals surface area contributed by atoms with Gasteiger partial charge in [0.25, 0.3) is 5.91 Å². The lowest BCUT2D eigenvalue weighted by Gasteiger charge is -2.33. The first-order valence-electron chi connectivity index (χ1n) is 10.00. The second-order valence-electron chi connectivity index (χ2n) is 7.93. The lowest BCUT2D eigenvalue weighted by Crippen LogP contribution is -2.32. The largest absolute Gasteiger partial charge is 0.487 e. The average Bonchev–Trinajstić information content (AvgIpc) is 3.18. The average molecular weight is 429 g/mol. The van der Waals surface area contributed by atoms with Crippen LogP contribution in [-0.2, 0) is 17.6 Å². The molecule has 0 saturated heterocycles. The molecular formula is C22H24N2O5S. The number of anilines is 1. The normalized spacial score (nSPS) is 14.8. The van der Waals surface area contributed by atoms with E-state index in [0.29, 0.717) is 28.6 Å². The predicted octanol–water partition coefficient (Wildman–Crippen LogP) is 4.32. The van der Waals surface area contributed by atoms with E-state index >= 15 is 0 Å². The number of hydrogen-bond donors (Lipinski definition) is 1. The quantitative estimate of drug-likeness (QED) is 0.588. The van der Waals surface area contributed by atoms with Crippen LogP contribution in [0.15, 0.2) is 32.9 Å². The molecule has 3 heterocycles. The number of aromatic nitrogens is 1. The van der Waals surface area contributed by atoms with Gasteiger partial charge < -0.3 is 13.9 Å². The Balaban J connectivity index is 1.75. The standard InChI is InChI=1S/C22H24N2O5S/c1-4-5-13-10-18(26)28-20-14-6-7-22(2,3)29-15(14)11-16(19(13)20)27-12-17(25)24-21-23-8-9-30-21/h8-11H,4-7,12H2,1-3H3,(H,23,24,25). The molecule has 0 bridgehead atoms. The molecule has 3 aromatic rings. The van der Waals surface area contributed by atoms with Crippen molar-refractivity contribution in [3.05, 3.63) is 45.3 Å². The second-order valence-corrected chi connectivity index (χ2v) is 8.83. The smallest absolute Gasteiger partial charge is 0.336 e. The van der Waals surface area contributed by atoms with E-state index in [-0.39, 0.29) is 18.1 Å². The van der Waals surface area contributed by atoms with Crippen molar-refractivity contribution in [2.24, 2.45) is 0 Å². The molecule has 0 unspecified atom stereocenters. The number of hydrogen-bond acceptors (Lipinski definition) is 7. The molecule has 1 N–H and O–H groups in total. The number of fused-ring (bicyclic) bond motifs is 3. The van der Waals surface area contributed by atoms with Crippen LogP contribution in [0, 0.1) is 0 Å². The lowest BCUT2D eigenvalue weighted by molar-refractivity contribution is -0.118. The highest BCUT2D eigenvalue weighted by molar-refractivity contribution is 7.13. The molecule has 1 aliphatic heterocycles. The fraction of sp³-hybridized carbons (Fsp3) is 0.409. The van der Waals surface area contributed by atoms with Crippen LogP contribution in [0.4, 0.5) is 5.13 Å². The maximum atomic E-state index is 12.3. The molecule has 8 heteroatoms. The molecule has 1 aliphatic rings. The first-order chi connectivity index (χ1) is 14.4. The molecule has 30 heavy (non-hydrogen) atoms. The van der Waals surface area contributed by atoms with Crippen molar-refractivity contribution < 1.29 is 18.7 Å². The number of nitrogens with one attached hydrogen (secondary N) is 1. The second kappa shape index (κ2) is 8.10. The van der Waals surface area contributed by atoms with Crippen molar-refractivity contribution in [2.45, 2.75) is 52.1 Å². The van der Waals surface area contributed by atoms with Crippen molar-refractivity contribution >= 4 is 33.3 Å². The Morgan fingerprint density at radius 1 is 1.37 bits per heavy atom. The van der Waals surface area contributed by atoms with E-state index in [1.807, 2.05) is 26.8 Å². The highest BCUT2D eigenvalue weighted by Gasteiger charge is 2.30. The van der Waals surface area contributed by atoms with E-state index in [1.54, 1.807) is 11.6 Å². The maximum absolute atomic E-state index is 12.3. The molecule has 7 nitrogen and oxygen atoms in total. The van der Waals surface area contributed by atoms with Gasteiger partial charge in [-0.1, -0.05) is 13.3 Å². The summed E-state index contributed by atoms with van der Waals surface area (Å²) in [6, 6.07) is 3.32. The fourth-order valence-corrected chi connectivity index (χ4v) is 4.23. The van der Waals surface area contributed by atoms with E-state index in [2.05, 4.69) is 10.3 Å². The molecule has 0 saturated carbocycles. The molecule has 0 atom stereocenters. The van der Waals surface area contributed by atoms with Gasteiger partial charge in [-0.05, 0) is 38.7 Å². The summed E-state index contributed by atoms with van der Waals surface area (Å²) in [6.45, 7) is 5.89. The van der Waals surface area contributed by atoms with E-state index in [9.17, 15) is 9.59 Å². The molecule has 0 aliphatic carbocycles. The summed E-state index contributed by atoms with van der Waals surface area (Å²) in [5, 5.41) is 5.74. The van der Waals surface area contributed by atoms with Crippen LogP contribution in [0.5, 0.6) is 11.5 Å².